The van der Waals surface area contributed by atoms with Gasteiger partial charge >= 0.3 is 6.03 Å². The number of hydrogen-bond acceptors (Lipinski definition) is 3. The van der Waals surface area contributed by atoms with Crippen LogP contribution in [0.5, 0.6) is 0 Å². The molecule has 0 aliphatic rings. The van der Waals surface area contributed by atoms with Crippen LogP contribution in [0.2, 0.25) is 0 Å². The van der Waals surface area contributed by atoms with Crippen molar-refractivity contribution in [2.75, 3.05) is 13.1 Å². The molecule has 0 aliphatic carbocycles. The number of hydrogen-bond donors (Lipinski definition) is 3. The van der Waals surface area contributed by atoms with Gasteiger partial charge in [0.15, 0.2) is 0 Å². The van der Waals surface area contributed by atoms with E-state index in [2.05, 4.69) is 12.2 Å². The summed E-state index contributed by atoms with van der Waals surface area (Å²) >= 11 is 0. The maximum Gasteiger partial charge on any atom is 0.318 e. The van der Waals surface area contributed by atoms with Crippen molar-refractivity contribution in [3.8, 4) is 0 Å². The lowest BCUT2D eigenvalue weighted by Crippen LogP contribution is -2.40. The third-order valence-electron chi connectivity index (χ3n) is 1.76. The van der Waals surface area contributed by atoms with Crippen LogP contribution < -0.4 is 16.4 Å². The fourth-order valence-corrected chi connectivity index (χ4v) is 1.06. The Kier molecular flexibility index (Phi) is 7.83. The van der Waals surface area contributed by atoms with Gasteiger partial charge in [0.25, 0.3) is 0 Å². The first kappa shape index (κ1) is 12.9. The predicted octanol–water partition coefficient (Wildman–Crippen LogP) is 0.351. The van der Waals surface area contributed by atoms with Gasteiger partial charge in [0, 0.05) is 0 Å². The predicted molar refractivity (Wildman–Crippen MR) is 54.7 cm³/mol. The molecule has 5 nitrogen and oxygen atoms in total. The van der Waals surface area contributed by atoms with Crippen LogP contribution in [0.1, 0.15) is 32.6 Å². The molecule has 0 fully saturated rings. The molecule has 0 aromatic carbocycles. The molecular formula is C9H19N3O2. The van der Waals surface area contributed by atoms with Crippen molar-refractivity contribution in [3.05, 3.63) is 0 Å². The third-order valence-corrected chi connectivity index (χ3v) is 1.76. The van der Waals surface area contributed by atoms with E-state index in [1.807, 2.05) is 5.32 Å². The van der Waals surface area contributed by atoms with Crippen LogP contribution >= 0.6 is 0 Å². The van der Waals surface area contributed by atoms with E-state index in [9.17, 15) is 9.59 Å². The van der Waals surface area contributed by atoms with E-state index in [0.29, 0.717) is 0 Å². The van der Waals surface area contributed by atoms with E-state index < -0.39 is 6.03 Å². The molecule has 0 aromatic rings. The molecule has 0 unspecified atom stereocenters. The summed E-state index contributed by atoms with van der Waals surface area (Å²) in [6, 6.07) is -0.803. The Hall–Kier alpha value is -1.10. The third kappa shape index (κ3) is 8.99. The molecule has 0 heterocycles. The van der Waals surface area contributed by atoms with E-state index in [0.717, 1.165) is 13.0 Å². The lowest BCUT2D eigenvalue weighted by molar-refractivity contribution is -0.119. The number of carbonyl (C=O) groups is 2. The highest BCUT2D eigenvalue weighted by Gasteiger charge is 2.01. The molecule has 0 aromatic heterocycles. The Bertz CT molecular complexity index is 183. The van der Waals surface area contributed by atoms with Gasteiger partial charge in [0.05, 0.1) is 6.54 Å². The first-order valence-electron chi connectivity index (χ1n) is 4.96. The van der Waals surface area contributed by atoms with Crippen molar-refractivity contribution in [1.82, 2.24) is 10.6 Å². The number of rotatable bonds is 7. The van der Waals surface area contributed by atoms with Crippen molar-refractivity contribution in [2.45, 2.75) is 32.6 Å². The quantitative estimate of drug-likeness (QED) is 0.520. The number of unbranched alkanes of at least 4 members (excludes halogenated alkanes) is 3. The highest BCUT2D eigenvalue weighted by Crippen LogP contribution is 1.96. The van der Waals surface area contributed by atoms with E-state index in [1.165, 1.54) is 19.3 Å². The molecule has 0 bridgehead atoms. The SMILES string of the molecule is CCCCCCNCC(=O)NC(N)=O. The monoisotopic (exact) mass is 201 g/mol. The van der Waals surface area contributed by atoms with Gasteiger partial charge in [-0.25, -0.2) is 4.79 Å². The van der Waals surface area contributed by atoms with E-state index >= 15 is 0 Å². The summed E-state index contributed by atoms with van der Waals surface area (Å²) in [5.41, 5.74) is 4.76. The standard InChI is InChI=1S/C9H19N3O2/c1-2-3-4-5-6-11-7-8(13)12-9(10)14/h11H,2-7H2,1H3,(H3,10,12,13,14). The zero-order valence-corrected chi connectivity index (χ0v) is 8.64. The molecular weight excluding hydrogens is 182 g/mol. The average Bonchev–Trinajstić information content (AvgIpc) is 2.10. The van der Waals surface area contributed by atoms with Crippen molar-refractivity contribution in [2.24, 2.45) is 5.73 Å². The molecule has 0 aliphatic heterocycles. The molecule has 0 spiro atoms. The summed E-state index contributed by atoms with van der Waals surface area (Å²) in [6.45, 7) is 3.09. The maximum atomic E-state index is 10.9. The van der Waals surface area contributed by atoms with Gasteiger partial charge in [0.2, 0.25) is 5.91 Å². The molecule has 82 valence electrons. The summed E-state index contributed by atoms with van der Waals surface area (Å²) < 4.78 is 0. The fourth-order valence-electron chi connectivity index (χ4n) is 1.06. The second-order valence-corrected chi connectivity index (χ2v) is 3.15. The number of carbonyl (C=O) groups excluding carboxylic acids is 2. The second-order valence-electron chi connectivity index (χ2n) is 3.15. The van der Waals surface area contributed by atoms with Gasteiger partial charge in [-0.05, 0) is 13.0 Å². The molecule has 5 heteroatoms. The smallest absolute Gasteiger partial charge is 0.318 e. The maximum absolute atomic E-state index is 10.9. The van der Waals surface area contributed by atoms with Crippen LogP contribution in [-0.2, 0) is 4.79 Å². The summed E-state index contributed by atoms with van der Waals surface area (Å²) in [5.74, 6) is -0.381. The highest BCUT2D eigenvalue weighted by atomic mass is 16.2. The zero-order valence-electron chi connectivity index (χ0n) is 8.64. The average molecular weight is 201 g/mol. The van der Waals surface area contributed by atoms with Gasteiger partial charge < -0.3 is 11.1 Å². The number of imide groups is 1. The van der Waals surface area contributed by atoms with Gasteiger partial charge in [0.1, 0.15) is 0 Å². The Morgan fingerprint density at radius 3 is 2.50 bits per heavy atom. The molecule has 0 radical (unpaired) electrons. The summed E-state index contributed by atoms with van der Waals surface area (Å²) in [6.07, 6.45) is 4.63. The zero-order chi connectivity index (χ0) is 10.8. The molecule has 0 saturated heterocycles. The van der Waals surface area contributed by atoms with Gasteiger partial charge in [-0.2, -0.15) is 0 Å². The Morgan fingerprint density at radius 1 is 1.21 bits per heavy atom. The van der Waals surface area contributed by atoms with Crippen LogP contribution in [-0.4, -0.2) is 25.0 Å². The van der Waals surface area contributed by atoms with Crippen molar-refractivity contribution < 1.29 is 9.59 Å². The van der Waals surface area contributed by atoms with Gasteiger partial charge in [-0.3, -0.25) is 10.1 Å². The minimum Gasteiger partial charge on any atom is -0.351 e. The largest absolute Gasteiger partial charge is 0.351 e. The number of nitrogens with two attached hydrogens (primary N) is 1. The number of nitrogens with one attached hydrogen (secondary N) is 2. The molecule has 0 saturated carbocycles. The molecule has 4 N–H and O–H groups in total. The number of urea groups is 1. The lowest BCUT2D eigenvalue weighted by atomic mass is 10.2. The Morgan fingerprint density at radius 2 is 1.93 bits per heavy atom. The van der Waals surface area contributed by atoms with Crippen LogP contribution in [0.3, 0.4) is 0 Å². The second kappa shape index (κ2) is 8.50. The first-order chi connectivity index (χ1) is 6.66. The van der Waals surface area contributed by atoms with Crippen LogP contribution in [0.15, 0.2) is 0 Å². The van der Waals surface area contributed by atoms with Crippen molar-refractivity contribution >= 4 is 11.9 Å². The number of amides is 3. The van der Waals surface area contributed by atoms with Crippen molar-refractivity contribution in [1.29, 1.82) is 0 Å². The molecule has 0 rings (SSSR count). The van der Waals surface area contributed by atoms with Crippen LogP contribution in [0, 0.1) is 0 Å². The minimum atomic E-state index is -0.803. The fraction of sp³-hybridized carbons (Fsp3) is 0.778. The van der Waals surface area contributed by atoms with E-state index in [-0.39, 0.29) is 12.5 Å². The Labute approximate surface area is 84.4 Å². The lowest BCUT2D eigenvalue weighted by Gasteiger charge is -2.03. The van der Waals surface area contributed by atoms with Gasteiger partial charge in [-0.15, -0.1) is 0 Å². The highest BCUT2D eigenvalue weighted by molar-refractivity contribution is 5.94. The van der Waals surface area contributed by atoms with Crippen molar-refractivity contribution in [3.63, 3.8) is 0 Å². The van der Waals surface area contributed by atoms with Crippen LogP contribution in [0.4, 0.5) is 4.79 Å². The first-order valence-corrected chi connectivity index (χ1v) is 4.96. The van der Waals surface area contributed by atoms with Crippen LogP contribution in [0.25, 0.3) is 0 Å². The van der Waals surface area contributed by atoms with Gasteiger partial charge in [-0.1, -0.05) is 26.2 Å². The number of primary amides is 1. The Balaban J connectivity index is 3.19. The van der Waals surface area contributed by atoms with E-state index in [1.54, 1.807) is 0 Å². The summed E-state index contributed by atoms with van der Waals surface area (Å²) in [5, 5.41) is 4.91. The minimum absolute atomic E-state index is 0.148. The van der Waals surface area contributed by atoms with E-state index in [4.69, 9.17) is 5.73 Å². The summed E-state index contributed by atoms with van der Waals surface area (Å²) in [4.78, 5) is 21.1. The molecule has 14 heavy (non-hydrogen) atoms. The molecule has 0 atom stereocenters. The normalized spacial score (nSPS) is 9.79. The summed E-state index contributed by atoms with van der Waals surface area (Å²) in [7, 11) is 0. The molecule has 3 amide bonds. The topological polar surface area (TPSA) is 84.2 Å².